The number of ether oxygens (including phenoxy) is 1. The number of pyridine rings is 1. The maximum Gasteiger partial charge on any atom is 0.137 e. The van der Waals surface area contributed by atoms with E-state index in [1.807, 2.05) is 25.1 Å². The molecule has 0 aliphatic rings. The molecule has 1 atom stereocenters. The van der Waals surface area contributed by atoms with E-state index in [9.17, 15) is 0 Å². The third-order valence-corrected chi connectivity index (χ3v) is 5.01. The molecule has 0 radical (unpaired) electrons. The molecule has 0 spiro atoms. The number of aryl methyl sites for hydroxylation is 1. The third-order valence-electron chi connectivity index (χ3n) is 3.95. The van der Waals surface area contributed by atoms with E-state index in [-0.39, 0.29) is 6.10 Å². The van der Waals surface area contributed by atoms with Crippen LogP contribution in [0.15, 0.2) is 29.8 Å². The first-order valence-electron chi connectivity index (χ1n) is 7.66. The summed E-state index contributed by atoms with van der Waals surface area (Å²) in [6.45, 7) is 5.74. The summed E-state index contributed by atoms with van der Waals surface area (Å²) in [6, 6.07) is 6.09. The Kier molecular flexibility index (Phi) is 4.75. The van der Waals surface area contributed by atoms with Gasteiger partial charge in [-0.05, 0) is 33.0 Å². The van der Waals surface area contributed by atoms with E-state index in [1.54, 1.807) is 18.4 Å². The fourth-order valence-electron chi connectivity index (χ4n) is 2.63. The van der Waals surface area contributed by atoms with Crippen LogP contribution in [-0.2, 0) is 17.8 Å². The van der Waals surface area contributed by atoms with Gasteiger partial charge in [-0.2, -0.15) is 0 Å². The second-order valence-corrected chi connectivity index (χ2v) is 6.69. The highest BCUT2D eigenvalue weighted by molar-refractivity contribution is 7.09. The average molecular weight is 330 g/mol. The lowest BCUT2D eigenvalue weighted by molar-refractivity contribution is 0.119. The van der Waals surface area contributed by atoms with Crippen molar-refractivity contribution < 1.29 is 4.74 Å². The predicted molar refractivity (Wildman–Crippen MR) is 92.6 cm³/mol. The van der Waals surface area contributed by atoms with Crippen molar-refractivity contribution in [3.05, 3.63) is 51.9 Å². The quantitative estimate of drug-likeness (QED) is 0.694. The molecule has 3 heterocycles. The van der Waals surface area contributed by atoms with Crippen molar-refractivity contribution in [3.63, 3.8) is 0 Å². The van der Waals surface area contributed by atoms with E-state index in [0.29, 0.717) is 0 Å². The Hall–Kier alpha value is -1.76. The molecule has 122 valence electrons. The molecule has 0 bridgehead atoms. The lowest BCUT2D eigenvalue weighted by atomic mass is 10.3. The van der Waals surface area contributed by atoms with Crippen LogP contribution in [0, 0.1) is 6.92 Å². The number of rotatable bonds is 6. The smallest absolute Gasteiger partial charge is 0.137 e. The van der Waals surface area contributed by atoms with Crippen LogP contribution in [0.1, 0.15) is 35.1 Å². The summed E-state index contributed by atoms with van der Waals surface area (Å²) in [6.07, 6.45) is 2.12. The van der Waals surface area contributed by atoms with Gasteiger partial charge in [0.05, 0.1) is 17.1 Å². The minimum atomic E-state index is 0.0556. The van der Waals surface area contributed by atoms with Crippen LogP contribution >= 0.6 is 11.3 Å². The Morgan fingerprint density at radius 1 is 1.30 bits per heavy atom. The van der Waals surface area contributed by atoms with Gasteiger partial charge >= 0.3 is 0 Å². The van der Waals surface area contributed by atoms with E-state index >= 15 is 0 Å². The number of imidazole rings is 1. The van der Waals surface area contributed by atoms with Gasteiger partial charge in [-0.1, -0.05) is 6.07 Å². The molecule has 0 saturated carbocycles. The first kappa shape index (κ1) is 16.1. The van der Waals surface area contributed by atoms with E-state index < -0.39 is 0 Å². The van der Waals surface area contributed by atoms with Gasteiger partial charge in [0, 0.05) is 31.8 Å². The molecular formula is C17H22N4OS. The van der Waals surface area contributed by atoms with Gasteiger partial charge in [-0.15, -0.1) is 11.3 Å². The number of fused-ring (bicyclic) bond motifs is 1. The van der Waals surface area contributed by atoms with Crippen molar-refractivity contribution in [2.75, 3.05) is 14.2 Å². The van der Waals surface area contributed by atoms with Crippen molar-refractivity contribution >= 4 is 17.0 Å². The number of thiazole rings is 1. The van der Waals surface area contributed by atoms with Crippen molar-refractivity contribution in [2.45, 2.75) is 33.0 Å². The van der Waals surface area contributed by atoms with Crippen LogP contribution in [0.5, 0.6) is 0 Å². The molecular weight excluding hydrogens is 308 g/mol. The second kappa shape index (κ2) is 6.78. The normalized spacial score (nSPS) is 13.1. The Morgan fingerprint density at radius 2 is 2.13 bits per heavy atom. The molecule has 3 aromatic rings. The molecule has 0 saturated heterocycles. The minimum absolute atomic E-state index is 0.0556. The van der Waals surface area contributed by atoms with E-state index in [1.165, 1.54) is 5.69 Å². The molecule has 0 aliphatic carbocycles. The Balaban J connectivity index is 1.72. The van der Waals surface area contributed by atoms with Gasteiger partial charge in [0.15, 0.2) is 0 Å². The van der Waals surface area contributed by atoms with Gasteiger partial charge in [0.1, 0.15) is 16.8 Å². The lowest BCUT2D eigenvalue weighted by Gasteiger charge is -2.15. The summed E-state index contributed by atoms with van der Waals surface area (Å²) < 4.78 is 7.48. The molecule has 5 nitrogen and oxygen atoms in total. The Labute approximate surface area is 140 Å². The topological polar surface area (TPSA) is 42.7 Å². The summed E-state index contributed by atoms with van der Waals surface area (Å²) in [5.41, 5.74) is 4.39. The highest BCUT2D eigenvalue weighted by Gasteiger charge is 2.13. The van der Waals surface area contributed by atoms with Crippen molar-refractivity contribution in [2.24, 2.45) is 0 Å². The molecule has 23 heavy (non-hydrogen) atoms. The predicted octanol–water partition coefficient (Wildman–Crippen LogP) is 3.44. The standard InChI is InChI=1S/C17H22N4OS/c1-12-15(21-8-6-5-7-16(21)18-12)10-20(3)9-14-11-23-17(19-14)13(2)22-4/h5-8,11,13H,9-10H2,1-4H3. The summed E-state index contributed by atoms with van der Waals surface area (Å²) in [7, 11) is 3.83. The molecule has 0 fully saturated rings. The lowest BCUT2D eigenvalue weighted by Crippen LogP contribution is -2.19. The van der Waals surface area contributed by atoms with Gasteiger partial charge in [0.2, 0.25) is 0 Å². The number of aromatic nitrogens is 3. The van der Waals surface area contributed by atoms with Crippen molar-refractivity contribution in [1.82, 2.24) is 19.3 Å². The van der Waals surface area contributed by atoms with Crippen LogP contribution < -0.4 is 0 Å². The van der Waals surface area contributed by atoms with Crippen LogP contribution in [0.3, 0.4) is 0 Å². The molecule has 0 aliphatic heterocycles. The fraction of sp³-hybridized carbons (Fsp3) is 0.412. The van der Waals surface area contributed by atoms with Crippen LogP contribution in [0.2, 0.25) is 0 Å². The van der Waals surface area contributed by atoms with Crippen molar-refractivity contribution in [1.29, 1.82) is 0 Å². The van der Waals surface area contributed by atoms with E-state index in [4.69, 9.17) is 4.74 Å². The number of hydrogen-bond acceptors (Lipinski definition) is 5. The molecule has 3 aromatic heterocycles. The van der Waals surface area contributed by atoms with Gasteiger partial charge in [-0.3, -0.25) is 4.90 Å². The van der Waals surface area contributed by atoms with Crippen LogP contribution in [0.4, 0.5) is 0 Å². The molecule has 0 amide bonds. The Morgan fingerprint density at radius 3 is 2.91 bits per heavy atom. The summed E-state index contributed by atoms with van der Waals surface area (Å²) in [5, 5.41) is 3.14. The van der Waals surface area contributed by atoms with Gasteiger partial charge in [0.25, 0.3) is 0 Å². The summed E-state index contributed by atoms with van der Waals surface area (Å²) in [4.78, 5) is 11.5. The zero-order chi connectivity index (χ0) is 16.4. The molecule has 3 rings (SSSR count). The van der Waals surface area contributed by atoms with E-state index in [0.717, 1.165) is 35.1 Å². The first-order chi connectivity index (χ1) is 11.1. The van der Waals surface area contributed by atoms with Crippen LogP contribution in [0.25, 0.3) is 5.65 Å². The molecule has 0 aromatic carbocycles. The zero-order valence-electron chi connectivity index (χ0n) is 14.0. The van der Waals surface area contributed by atoms with E-state index in [2.05, 4.69) is 44.8 Å². The number of nitrogens with zero attached hydrogens (tertiary/aromatic N) is 4. The monoisotopic (exact) mass is 330 g/mol. The Bertz CT molecular complexity index is 795. The number of hydrogen-bond donors (Lipinski definition) is 0. The maximum absolute atomic E-state index is 5.33. The second-order valence-electron chi connectivity index (χ2n) is 5.80. The summed E-state index contributed by atoms with van der Waals surface area (Å²) in [5.74, 6) is 0. The molecule has 0 N–H and O–H groups in total. The average Bonchev–Trinajstić information content (AvgIpc) is 3.12. The van der Waals surface area contributed by atoms with Gasteiger partial charge in [-0.25, -0.2) is 9.97 Å². The third kappa shape index (κ3) is 3.44. The number of methoxy groups -OCH3 is 1. The minimum Gasteiger partial charge on any atom is -0.375 e. The van der Waals surface area contributed by atoms with Gasteiger partial charge < -0.3 is 9.14 Å². The van der Waals surface area contributed by atoms with Crippen molar-refractivity contribution in [3.8, 4) is 0 Å². The largest absolute Gasteiger partial charge is 0.375 e. The SMILES string of the molecule is COC(C)c1nc(CN(C)Cc2c(C)nc3ccccn23)cs1. The summed E-state index contributed by atoms with van der Waals surface area (Å²) >= 11 is 1.66. The highest BCUT2D eigenvalue weighted by atomic mass is 32.1. The molecule has 1 unspecified atom stereocenters. The van der Waals surface area contributed by atoms with Crippen LogP contribution in [-0.4, -0.2) is 33.4 Å². The maximum atomic E-state index is 5.33. The molecule has 6 heteroatoms. The highest BCUT2D eigenvalue weighted by Crippen LogP contribution is 2.21. The first-order valence-corrected chi connectivity index (χ1v) is 8.54. The zero-order valence-corrected chi connectivity index (χ0v) is 14.8. The fourth-order valence-corrected chi connectivity index (χ4v) is 3.47.